The van der Waals surface area contributed by atoms with Crippen LogP contribution in [0.3, 0.4) is 0 Å². The standard InChI is InChI=1S/C29H24ClN3O8/c1-37-26-11-10-18(28(33-26)38-2)21-4-3-5-25(31-21)32-27(34)16-6-8-17(9-7-16)40-24-15-23-19(14-20(24)30)22(12-13-39-23)41-29(35)36/h3-11,14-15,22H,12-13H2,1-2H3,(H,35,36)(H,31,32,34). The molecule has 2 aromatic carbocycles. The van der Waals surface area contributed by atoms with Crippen LogP contribution in [0.15, 0.2) is 66.7 Å². The quantitative estimate of drug-likeness (QED) is 0.227. The van der Waals surface area contributed by atoms with Gasteiger partial charge in [0.15, 0.2) is 0 Å². The van der Waals surface area contributed by atoms with E-state index in [0.29, 0.717) is 63.6 Å². The van der Waals surface area contributed by atoms with Crippen molar-refractivity contribution in [2.75, 3.05) is 26.1 Å². The predicted octanol–water partition coefficient (Wildman–Crippen LogP) is 6.38. The number of carboxylic acid groups (broad SMARTS) is 1. The van der Waals surface area contributed by atoms with Crippen LogP contribution in [-0.4, -0.2) is 48.0 Å². The highest BCUT2D eigenvalue weighted by Crippen LogP contribution is 2.42. The summed E-state index contributed by atoms with van der Waals surface area (Å²) in [6, 6.07) is 18.3. The molecule has 0 radical (unpaired) electrons. The van der Waals surface area contributed by atoms with Crippen molar-refractivity contribution in [3.05, 3.63) is 82.9 Å². The summed E-state index contributed by atoms with van der Waals surface area (Å²) in [5.41, 5.74) is 2.11. The average molecular weight is 578 g/mol. The van der Waals surface area contributed by atoms with Gasteiger partial charge in [-0.2, -0.15) is 4.98 Å². The number of amides is 1. The number of rotatable bonds is 8. The van der Waals surface area contributed by atoms with E-state index in [9.17, 15) is 9.59 Å². The Hall–Kier alpha value is -5.03. The van der Waals surface area contributed by atoms with E-state index in [1.54, 1.807) is 66.7 Å². The van der Waals surface area contributed by atoms with Crippen LogP contribution in [0.1, 0.15) is 28.4 Å². The van der Waals surface area contributed by atoms with Crippen molar-refractivity contribution in [1.82, 2.24) is 9.97 Å². The van der Waals surface area contributed by atoms with Crippen LogP contribution in [0.2, 0.25) is 5.02 Å². The van der Waals surface area contributed by atoms with Crippen LogP contribution in [-0.2, 0) is 4.74 Å². The Morgan fingerprint density at radius 1 is 1.02 bits per heavy atom. The minimum absolute atomic E-state index is 0.254. The Balaban J connectivity index is 1.28. The van der Waals surface area contributed by atoms with E-state index in [0.717, 1.165) is 0 Å². The van der Waals surface area contributed by atoms with Gasteiger partial charge in [0.1, 0.15) is 29.2 Å². The highest BCUT2D eigenvalue weighted by molar-refractivity contribution is 6.32. The molecule has 0 spiro atoms. The number of ether oxygens (including phenoxy) is 5. The van der Waals surface area contributed by atoms with Crippen molar-refractivity contribution >= 4 is 29.5 Å². The number of methoxy groups -OCH3 is 2. The van der Waals surface area contributed by atoms with Gasteiger partial charge in [-0.25, -0.2) is 9.78 Å². The maximum Gasteiger partial charge on any atom is 0.506 e. The van der Waals surface area contributed by atoms with Crippen LogP contribution in [0.4, 0.5) is 10.6 Å². The minimum Gasteiger partial charge on any atom is -0.493 e. The Morgan fingerprint density at radius 3 is 2.56 bits per heavy atom. The second-order valence-electron chi connectivity index (χ2n) is 8.73. The van der Waals surface area contributed by atoms with Crippen LogP contribution in [0.25, 0.3) is 11.3 Å². The number of pyridine rings is 2. The van der Waals surface area contributed by atoms with Crippen molar-refractivity contribution in [2.24, 2.45) is 0 Å². The fourth-order valence-corrected chi connectivity index (χ4v) is 4.42. The topological polar surface area (TPSA) is 138 Å². The molecule has 1 atom stereocenters. The summed E-state index contributed by atoms with van der Waals surface area (Å²) in [5.74, 6) is 1.89. The molecule has 11 nitrogen and oxygen atoms in total. The van der Waals surface area contributed by atoms with Crippen molar-refractivity contribution in [2.45, 2.75) is 12.5 Å². The number of anilines is 1. The molecule has 1 aliphatic heterocycles. The summed E-state index contributed by atoms with van der Waals surface area (Å²) in [6.45, 7) is 0.290. The van der Waals surface area contributed by atoms with Crippen LogP contribution >= 0.6 is 11.6 Å². The van der Waals surface area contributed by atoms with Gasteiger partial charge in [-0.05, 0) is 48.5 Å². The minimum atomic E-state index is -1.37. The zero-order chi connectivity index (χ0) is 28.9. The molecule has 0 saturated carbocycles. The zero-order valence-corrected chi connectivity index (χ0v) is 22.7. The molecule has 41 heavy (non-hydrogen) atoms. The first-order chi connectivity index (χ1) is 19.8. The molecule has 1 aliphatic rings. The largest absolute Gasteiger partial charge is 0.506 e. The third-order valence-electron chi connectivity index (χ3n) is 6.14. The van der Waals surface area contributed by atoms with Gasteiger partial charge in [0, 0.05) is 29.7 Å². The Labute approximate surface area is 239 Å². The predicted molar refractivity (Wildman–Crippen MR) is 148 cm³/mol. The van der Waals surface area contributed by atoms with Crippen molar-refractivity contribution in [3.8, 4) is 40.3 Å². The fourth-order valence-electron chi connectivity index (χ4n) is 4.21. The van der Waals surface area contributed by atoms with Crippen LogP contribution in [0.5, 0.6) is 29.0 Å². The molecule has 2 aromatic heterocycles. The molecule has 0 aliphatic carbocycles. The molecule has 5 rings (SSSR count). The molecule has 0 saturated heterocycles. The first kappa shape index (κ1) is 27.5. The number of nitrogens with zero attached hydrogens (tertiary/aromatic N) is 2. The molecule has 1 unspecified atom stereocenters. The third kappa shape index (κ3) is 6.25. The normalized spacial score (nSPS) is 13.8. The SMILES string of the molecule is COc1ccc(-c2cccc(NC(=O)c3ccc(Oc4cc5c(cc4Cl)C(OC(=O)O)CCO5)cc3)n2)c(OC)n1. The average Bonchev–Trinajstić information content (AvgIpc) is 2.98. The Morgan fingerprint density at radius 2 is 1.83 bits per heavy atom. The molecular formula is C29H24ClN3O8. The summed E-state index contributed by atoms with van der Waals surface area (Å²) < 4.78 is 27.0. The van der Waals surface area contributed by atoms with E-state index in [4.69, 9.17) is 40.4 Å². The Bertz CT molecular complexity index is 1600. The van der Waals surface area contributed by atoms with Crippen molar-refractivity contribution in [3.63, 3.8) is 0 Å². The second kappa shape index (κ2) is 12.0. The first-order valence-electron chi connectivity index (χ1n) is 12.4. The summed E-state index contributed by atoms with van der Waals surface area (Å²) >= 11 is 6.40. The summed E-state index contributed by atoms with van der Waals surface area (Å²) in [5, 5.41) is 12.0. The van der Waals surface area contributed by atoms with E-state index in [2.05, 4.69) is 15.3 Å². The number of hydrogen-bond donors (Lipinski definition) is 2. The number of carbonyl (C=O) groups is 2. The van der Waals surface area contributed by atoms with E-state index in [-0.39, 0.29) is 17.5 Å². The number of halogens is 1. The lowest BCUT2D eigenvalue weighted by Gasteiger charge is -2.25. The molecule has 0 fully saturated rings. The summed E-state index contributed by atoms with van der Waals surface area (Å²) in [6.07, 6.45) is -1.67. The number of hydrogen-bond acceptors (Lipinski definition) is 9. The summed E-state index contributed by atoms with van der Waals surface area (Å²) in [4.78, 5) is 32.7. The summed E-state index contributed by atoms with van der Waals surface area (Å²) in [7, 11) is 3.02. The third-order valence-corrected chi connectivity index (χ3v) is 6.44. The molecule has 3 heterocycles. The Kier molecular flexibility index (Phi) is 8.06. The highest BCUT2D eigenvalue weighted by atomic mass is 35.5. The van der Waals surface area contributed by atoms with Crippen molar-refractivity contribution in [1.29, 1.82) is 0 Å². The number of benzene rings is 2. The maximum atomic E-state index is 12.9. The van der Waals surface area contributed by atoms with Gasteiger partial charge in [0.2, 0.25) is 11.8 Å². The lowest BCUT2D eigenvalue weighted by Crippen LogP contribution is -2.18. The monoisotopic (exact) mass is 577 g/mol. The number of fused-ring (bicyclic) bond motifs is 1. The number of aromatic nitrogens is 2. The zero-order valence-electron chi connectivity index (χ0n) is 21.9. The maximum absolute atomic E-state index is 12.9. The first-order valence-corrected chi connectivity index (χ1v) is 12.7. The van der Waals surface area contributed by atoms with Gasteiger partial charge in [0.05, 0.1) is 37.1 Å². The van der Waals surface area contributed by atoms with Crippen LogP contribution < -0.4 is 24.3 Å². The number of nitrogens with one attached hydrogen (secondary N) is 1. The van der Waals surface area contributed by atoms with Gasteiger partial charge >= 0.3 is 6.16 Å². The molecule has 2 N–H and O–H groups in total. The van der Waals surface area contributed by atoms with Gasteiger partial charge in [-0.3, -0.25) is 4.79 Å². The van der Waals surface area contributed by atoms with Gasteiger partial charge in [-0.1, -0.05) is 17.7 Å². The lowest BCUT2D eigenvalue weighted by atomic mass is 10.0. The second-order valence-corrected chi connectivity index (χ2v) is 9.14. The van der Waals surface area contributed by atoms with Crippen LogP contribution in [0, 0.1) is 0 Å². The molecule has 4 aromatic rings. The van der Waals surface area contributed by atoms with E-state index in [1.165, 1.54) is 14.2 Å². The van der Waals surface area contributed by atoms with E-state index >= 15 is 0 Å². The van der Waals surface area contributed by atoms with Gasteiger partial charge in [-0.15, -0.1) is 0 Å². The number of carbonyl (C=O) groups excluding carboxylic acids is 1. The molecule has 1 amide bonds. The van der Waals surface area contributed by atoms with Gasteiger partial charge in [0.25, 0.3) is 5.91 Å². The smallest absolute Gasteiger partial charge is 0.493 e. The van der Waals surface area contributed by atoms with E-state index in [1.807, 2.05) is 0 Å². The molecular weight excluding hydrogens is 554 g/mol. The molecule has 0 bridgehead atoms. The van der Waals surface area contributed by atoms with Crippen molar-refractivity contribution < 1.29 is 38.4 Å². The molecule has 210 valence electrons. The van der Waals surface area contributed by atoms with E-state index < -0.39 is 12.3 Å². The fraction of sp³-hybridized carbons (Fsp3) is 0.172. The van der Waals surface area contributed by atoms with Gasteiger partial charge < -0.3 is 34.1 Å². The molecule has 12 heteroatoms. The highest BCUT2D eigenvalue weighted by Gasteiger charge is 2.27. The lowest BCUT2D eigenvalue weighted by molar-refractivity contribution is 0.0326.